The average molecular weight is 343 g/mol. The van der Waals surface area contributed by atoms with Crippen LogP contribution in [0.1, 0.15) is 24.0 Å². The number of nitrogens with one attached hydrogen (secondary N) is 1. The number of carbonyl (C=O) groups excluding carboxylic acids is 2. The molecule has 130 valence electrons. The Bertz CT molecular complexity index is 686. The van der Waals surface area contributed by atoms with Crippen LogP contribution in [0.2, 0.25) is 0 Å². The Balaban J connectivity index is 2.15. The van der Waals surface area contributed by atoms with E-state index in [9.17, 15) is 22.8 Å². The minimum absolute atomic E-state index is 0.0267. The first kappa shape index (κ1) is 17.9. The molecule has 0 fully saturated rings. The summed E-state index contributed by atoms with van der Waals surface area (Å²) in [6.45, 7) is 2.03. The second-order valence-electron chi connectivity index (χ2n) is 5.38. The molecule has 0 aromatic heterocycles. The van der Waals surface area contributed by atoms with Gasteiger partial charge >= 0.3 is 6.18 Å². The number of rotatable bonds is 4. The summed E-state index contributed by atoms with van der Waals surface area (Å²) in [5.41, 5.74) is 3.84. The zero-order valence-corrected chi connectivity index (χ0v) is 13.1. The predicted octanol–water partition coefficient (Wildman–Crippen LogP) is 2.40. The topological polar surface area (TPSA) is 71.0 Å². The summed E-state index contributed by atoms with van der Waals surface area (Å²) in [5, 5.41) is 5.08. The quantitative estimate of drug-likeness (QED) is 0.854. The Hall–Kier alpha value is -2.42. The molecule has 1 aliphatic rings. The highest BCUT2D eigenvalue weighted by Gasteiger charge is 2.30. The Morgan fingerprint density at radius 1 is 1.33 bits per heavy atom. The van der Waals surface area contributed by atoms with Gasteiger partial charge in [0.15, 0.2) is 6.61 Å². The van der Waals surface area contributed by atoms with Gasteiger partial charge in [-0.05, 0) is 31.0 Å². The van der Waals surface area contributed by atoms with Gasteiger partial charge in [-0.2, -0.15) is 18.3 Å². The van der Waals surface area contributed by atoms with Gasteiger partial charge in [-0.3, -0.25) is 14.4 Å². The zero-order chi connectivity index (χ0) is 17.9. The number of carbonyl (C=O) groups is 2. The minimum Gasteiger partial charge on any atom is -0.273 e. The van der Waals surface area contributed by atoms with Crippen molar-refractivity contribution < 1.29 is 27.6 Å². The van der Waals surface area contributed by atoms with Crippen molar-refractivity contribution in [2.45, 2.75) is 32.9 Å². The largest absolute Gasteiger partial charge is 0.414 e. The van der Waals surface area contributed by atoms with Gasteiger partial charge in [0.1, 0.15) is 5.71 Å². The van der Waals surface area contributed by atoms with Crippen LogP contribution in [0.3, 0.4) is 0 Å². The molecular formula is C15H16F3N3O3. The van der Waals surface area contributed by atoms with E-state index in [0.717, 1.165) is 16.1 Å². The lowest BCUT2D eigenvalue weighted by molar-refractivity contribution is -0.190. The first-order valence-electron chi connectivity index (χ1n) is 7.14. The van der Waals surface area contributed by atoms with Crippen molar-refractivity contribution in [3.8, 4) is 0 Å². The number of hydrazone groups is 1. The molecule has 0 saturated heterocycles. The SMILES string of the molecule is Cc1ccc(C)c(N2N=C(C(=O)NOCC(F)(F)F)CCC2=O)c1. The van der Waals surface area contributed by atoms with E-state index >= 15 is 0 Å². The lowest BCUT2D eigenvalue weighted by Gasteiger charge is -2.24. The third kappa shape index (κ3) is 4.54. The highest BCUT2D eigenvalue weighted by Crippen LogP contribution is 2.25. The molecule has 24 heavy (non-hydrogen) atoms. The summed E-state index contributed by atoms with van der Waals surface area (Å²) in [6.07, 6.45) is -4.50. The number of hydrogen-bond donors (Lipinski definition) is 1. The number of anilines is 1. The second-order valence-corrected chi connectivity index (χ2v) is 5.38. The van der Waals surface area contributed by atoms with Crippen molar-refractivity contribution in [1.29, 1.82) is 0 Å². The Morgan fingerprint density at radius 3 is 2.71 bits per heavy atom. The molecule has 1 heterocycles. The van der Waals surface area contributed by atoms with Crippen molar-refractivity contribution in [2.24, 2.45) is 5.10 Å². The van der Waals surface area contributed by atoms with Crippen LogP contribution in [-0.4, -0.2) is 30.3 Å². The van der Waals surface area contributed by atoms with Crippen LogP contribution >= 0.6 is 0 Å². The van der Waals surface area contributed by atoms with Crippen LogP contribution < -0.4 is 10.5 Å². The summed E-state index contributed by atoms with van der Waals surface area (Å²) in [5.74, 6) is -1.20. The number of hydroxylamine groups is 1. The number of halogens is 3. The highest BCUT2D eigenvalue weighted by atomic mass is 19.4. The van der Waals surface area contributed by atoms with E-state index in [4.69, 9.17) is 0 Å². The van der Waals surface area contributed by atoms with Crippen molar-refractivity contribution in [3.63, 3.8) is 0 Å². The fourth-order valence-corrected chi connectivity index (χ4v) is 2.09. The molecule has 1 aromatic rings. The fraction of sp³-hybridized carbons (Fsp3) is 0.400. The van der Waals surface area contributed by atoms with E-state index in [-0.39, 0.29) is 24.5 Å². The van der Waals surface area contributed by atoms with Crippen LogP contribution in [0.15, 0.2) is 23.3 Å². The van der Waals surface area contributed by atoms with Crippen molar-refractivity contribution in [1.82, 2.24) is 5.48 Å². The first-order valence-corrected chi connectivity index (χ1v) is 7.14. The van der Waals surface area contributed by atoms with Gasteiger partial charge in [0.25, 0.3) is 5.91 Å². The number of aryl methyl sites for hydroxylation is 2. The lowest BCUT2D eigenvalue weighted by Crippen LogP contribution is -2.40. The molecule has 9 heteroatoms. The van der Waals surface area contributed by atoms with E-state index in [1.165, 1.54) is 0 Å². The van der Waals surface area contributed by atoms with Crippen LogP contribution in [-0.2, 0) is 14.4 Å². The molecule has 0 atom stereocenters. The Kier molecular flexibility index (Phi) is 5.23. The van der Waals surface area contributed by atoms with Crippen LogP contribution in [0.5, 0.6) is 0 Å². The van der Waals surface area contributed by atoms with Crippen LogP contribution in [0, 0.1) is 13.8 Å². The highest BCUT2D eigenvalue weighted by molar-refractivity contribution is 6.40. The molecular weight excluding hydrogens is 327 g/mol. The van der Waals surface area contributed by atoms with E-state index in [2.05, 4.69) is 9.94 Å². The smallest absolute Gasteiger partial charge is 0.273 e. The molecule has 1 aliphatic heterocycles. The molecule has 2 rings (SSSR count). The molecule has 0 spiro atoms. The third-order valence-electron chi connectivity index (χ3n) is 3.29. The number of amides is 2. The van der Waals surface area contributed by atoms with E-state index in [0.29, 0.717) is 5.69 Å². The summed E-state index contributed by atoms with van der Waals surface area (Å²) < 4.78 is 36.0. The van der Waals surface area contributed by atoms with Gasteiger partial charge in [-0.1, -0.05) is 12.1 Å². The standard InChI is InChI=1S/C15H16F3N3O3/c1-9-3-4-10(2)12(7-9)21-13(22)6-5-11(19-21)14(23)20-24-8-15(16,17)18/h3-4,7H,5-6,8H2,1-2H3,(H,20,23). The Labute approximate surface area is 136 Å². The average Bonchev–Trinajstić information content (AvgIpc) is 2.49. The first-order chi connectivity index (χ1) is 11.2. The maximum Gasteiger partial charge on any atom is 0.414 e. The zero-order valence-electron chi connectivity index (χ0n) is 13.1. The van der Waals surface area contributed by atoms with E-state index in [1.807, 2.05) is 19.1 Å². The third-order valence-corrected chi connectivity index (χ3v) is 3.29. The van der Waals surface area contributed by atoms with Gasteiger partial charge in [0.05, 0.1) is 5.69 Å². The van der Waals surface area contributed by atoms with Crippen molar-refractivity contribution >= 4 is 23.2 Å². The van der Waals surface area contributed by atoms with Crippen LogP contribution in [0.4, 0.5) is 18.9 Å². The molecule has 1 aromatic carbocycles. The molecule has 0 bridgehead atoms. The van der Waals surface area contributed by atoms with Crippen LogP contribution in [0.25, 0.3) is 0 Å². The van der Waals surface area contributed by atoms with E-state index < -0.39 is 18.7 Å². The molecule has 2 amide bonds. The molecule has 0 aliphatic carbocycles. The summed E-state index contributed by atoms with van der Waals surface area (Å²) >= 11 is 0. The number of hydrogen-bond acceptors (Lipinski definition) is 4. The van der Waals surface area contributed by atoms with Gasteiger partial charge < -0.3 is 0 Å². The van der Waals surface area contributed by atoms with Crippen molar-refractivity contribution in [3.05, 3.63) is 29.3 Å². The normalized spacial score (nSPS) is 15.3. The molecule has 0 unspecified atom stereocenters. The van der Waals surface area contributed by atoms with Gasteiger partial charge in [-0.15, -0.1) is 0 Å². The van der Waals surface area contributed by atoms with Gasteiger partial charge in [0, 0.05) is 12.8 Å². The number of alkyl halides is 3. The predicted molar refractivity (Wildman–Crippen MR) is 80.2 cm³/mol. The minimum atomic E-state index is -4.55. The molecule has 0 radical (unpaired) electrons. The fourth-order valence-electron chi connectivity index (χ4n) is 2.09. The maximum absolute atomic E-state index is 12.1. The molecule has 1 N–H and O–H groups in total. The van der Waals surface area contributed by atoms with Gasteiger partial charge in [0.2, 0.25) is 5.91 Å². The van der Waals surface area contributed by atoms with Crippen molar-refractivity contribution in [2.75, 3.05) is 11.6 Å². The number of nitrogens with zero attached hydrogens (tertiary/aromatic N) is 2. The summed E-state index contributed by atoms with van der Waals surface area (Å²) in [7, 11) is 0. The lowest BCUT2D eigenvalue weighted by atomic mass is 10.1. The van der Waals surface area contributed by atoms with E-state index in [1.54, 1.807) is 18.5 Å². The maximum atomic E-state index is 12.1. The molecule has 6 nitrogen and oxygen atoms in total. The second kappa shape index (κ2) is 7.00. The van der Waals surface area contributed by atoms with Gasteiger partial charge in [-0.25, -0.2) is 10.5 Å². The monoisotopic (exact) mass is 343 g/mol. The summed E-state index contributed by atoms with van der Waals surface area (Å²) in [4.78, 5) is 28.0. The molecule has 0 saturated carbocycles. The Morgan fingerprint density at radius 2 is 2.04 bits per heavy atom. The summed E-state index contributed by atoms with van der Waals surface area (Å²) in [6, 6.07) is 5.43. The number of benzene rings is 1.